The number of methoxy groups -OCH3 is 1. The Bertz CT molecular complexity index is 580. The van der Waals surface area contributed by atoms with Crippen LogP contribution < -0.4 is 4.74 Å². The number of ether oxygens (including phenoxy) is 1. The molecular weight excluding hydrogens is 240 g/mol. The molecular formula is C14H16N4O. The molecule has 0 aliphatic rings. The van der Waals surface area contributed by atoms with Crippen LogP contribution in [0.2, 0.25) is 0 Å². The Morgan fingerprint density at radius 3 is 2.63 bits per heavy atom. The predicted octanol–water partition coefficient (Wildman–Crippen LogP) is 2.63. The number of aryl methyl sites for hydroxylation is 1. The van der Waals surface area contributed by atoms with Gasteiger partial charge in [0.05, 0.1) is 7.11 Å². The van der Waals surface area contributed by atoms with E-state index in [2.05, 4.69) is 23.3 Å². The lowest BCUT2D eigenvalue weighted by Gasteiger charge is -2.06. The van der Waals surface area contributed by atoms with Crippen LogP contribution in [0.1, 0.15) is 25.5 Å². The van der Waals surface area contributed by atoms with Crippen molar-refractivity contribution < 1.29 is 4.74 Å². The average molecular weight is 256 g/mol. The molecule has 0 aliphatic heterocycles. The first kappa shape index (κ1) is 13.1. The summed E-state index contributed by atoms with van der Waals surface area (Å²) in [4.78, 5) is 0. The SMILES string of the molecule is CCCCn1nnc(C#N)c1-c1ccc(OC)cc1. The van der Waals surface area contributed by atoms with E-state index in [1.807, 2.05) is 24.3 Å². The summed E-state index contributed by atoms with van der Waals surface area (Å²) in [6.45, 7) is 2.89. The first-order valence-corrected chi connectivity index (χ1v) is 6.28. The van der Waals surface area contributed by atoms with Crippen molar-refractivity contribution in [3.8, 4) is 23.1 Å². The highest BCUT2D eigenvalue weighted by Crippen LogP contribution is 2.24. The molecule has 19 heavy (non-hydrogen) atoms. The van der Waals surface area contributed by atoms with Gasteiger partial charge in [-0.15, -0.1) is 5.10 Å². The minimum absolute atomic E-state index is 0.362. The first-order valence-electron chi connectivity index (χ1n) is 6.28. The Kier molecular flexibility index (Phi) is 4.14. The van der Waals surface area contributed by atoms with Crippen molar-refractivity contribution in [1.29, 1.82) is 5.26 Å². The van der Waals surface area contributed by atoms with Crippen LogP contribution in [-0.4, -0.2) is 22.1 Å². The van der Waals surface area contributed by atoms with Gasteiger partial charge in [0.2, 0.25) is 0 Å². The summed E-state index contributed by atoms with van der Waals surface area (Å²) in [6.07, 6.45) is 2.08. The molecule has 0 unspecified atom stereocenters. The molecule has 0 fully saturated rings. The third kappa shape index (κ3) is 2.74. The summed E-state index contributed by atoms with van der Waals surface area (Å²) in [6, 6.07) is 9.67. The van der Waals surface area contributed by atoms with Gasteiger partial charge in [-0.1, -0.05) is 18.6 Å². The van der Waals surface area contributed by atoms with Gasteiger partial charge in [0.25, 0.3) is 0 Å². The fraction of sp³-hybridized carbons (Fsp3) is 0.357. The number of benzene rings is 1. The highest BCUT2D eigenvalue weighted by Gasteiger charge is 2.14. The van der Waals surface area contributed by atoms with Crippen molar-refractivity contribution in [3.05, 3.63) is 30.0 Å². The Morgan fingerprint density at radius 2 is 2.05 bits per heavy atom. The van der Waals surface area contributed by atoms with E-state index in [0.717, 1.165) is 36.4 Å². The molecule has 98 valence electrons. The molecule has 0 saturated carbocycles. The minimum Gasteiger partial charge on any atom is -0.497 e. The number of hydrogen-bond donors (Lipinski definition) is 0. The van der Waals surface area contributed by atoms with Crippen LogP contribution in [0.5, 0.6) is 5.75 Å². The topological polar surface area (TPSA) is 63.7 Å². The number of unbranched alkanes of at least 4 members (excludes halogenated alkanes) is 1. The van der Waals surface area contributed by atoms with Gasteiger partial charge >= 0.3 is 0 Å². The third-order valence-corrected chi connectivity index (χ3v) is 2.93. The Hall–Kier alpha value is -2.35. The van der Waals surface area contributed by atoms with Gasteiger partial charge in [0.15, 0.2) is 5.69 Å². The molecule has 5 nitrogen and oxygen atoms in total. The van der Waals surface area contributed by atoms with Crippen LogP contribution in [0.4, 0.5) is 0 Å². The molecule has 0 amide bonds. The normalized spacial score (nSPS) is 10.2. The molecule has 1 heterocycles. The number of aromatic nitrogens is 3. The molecule has 0 bridgehead atoms. The van der Waals surface area contributed by atoms with Gasteiger partial charge in [-0.2, -0.15) is 5.26 Å². The van der Waals surface area contributed by atoms with E-state index in [4.69, 9.17) is 10.00 Å². The lowest BCUT2D eigenvalue weighted by Crippen LogP contribution is -2.02. The van der Waals surface area contributed by atoms with Gasteiger partial charge in [0, 0.05) is 12.1 Å². The Labute approximate surface area is 112 Å². The number of nitrogens with zero attached hydrogens (tertiary/aromatic N) is 4. The summed E-state index contributed by atoms with van der Waals surface area (Å²) in [7, 11) is 1.63. The molecule has 1 aromatic carbocycles. The first-order chi connectivity index (χ1) is 9.30. The third-order valence-electron chi connectivity index (χ3n) is 2.93. The fourth-order valence-corrected chi connectivity index (χ4v) is 1.89. The van der Waals surface area contributed by atoms with E-state index in [1.54, 1.807) is 11.8 Å². The monoisotopic (exact) mass is 256 g/mol. The second-order valence-corrected chi connectivity index (χ2v) is 4.20. The summed E-state index contributed by atoms with van der Waals surface area (Å²) in [5.41, 5.74) is 2.07. The van der Waals surface area contributed by atoms with E-state index in [9.17, 15) is 0 Å². The molecule has 2 rings (SSSR count). The summed E-state index contributed by atoms with van der Waals surface area (Å²) in [5, 5.41) is 17.1. The standard InChI is InChI=1S/C14H16N4O/c1-3-4-9-18-14(13(10-15)16-17-18)11-5-7-12(19-2)8-6-11/h5-8H,3-4,9H2,1-2H3. The summed E-state index contributed by atoms with van der Waals surface area (Å²) in [5.74, 6) is 0.787. The molecule has 0 aliphatic carbocycles. The largest absolute Gasteiger partial charge is 0.497 e. The minimum atomic E-state index is 0.362. The van der Waals surface area contributed by atoms with Crippen molar-refractivity contribution in [1.82, 2.24) is 15.0 Å². The van der Waals surface area contributed by atoms with Crippen LogP contribution >= 0.6 is 0 Å². The van der Waals surface area contributed by atoms with Gasteiger partial charge in [0.1, 0.15) is 17.5 Å². The molecule has 0 spiro atoms. The van der Waals surface area contributed by atoms with Crippen molar-refractivity contribution in [2.75, 3.05) is 7.11 Å². The summed E-state index contributed by atoms with van der Waals surface area (Å²) < 4.78 is 6.93. The number of hydrogen-bond acceptors (Lipinski definition) is 4. The zero-order valence-corrected chi connectivity index (χ0v) is 11.1. The van der Waals surface area contributed by atoms with Crippen LogP contribution in [0.3, 0.4) is 0 Å². The average Bonchev–Trinajstić information content (AvgIpc) is 2.88. The lowest BCUT2D eigenvalue weighted by molar-refractivity contribution is 0.415. The van der Waals surface area contributed by atoms with E-state index in [1.165, 1.54) is 0 Å². The van der Waals surface area contributed by atoms with Gasteiger partial charge in [-0.25, -0.2) is 4.68 Å². The van der Waals surface area contributed by atoms with Crippen LogP contribution in [-0.2, 0) is 6.54 Å². The molecule has 0 atom stereocenters. The van der Waals surface area contributed by atoms with Crippen molar-refractivity contribution in [2.45, 2.75) is 26.3 Å². The van der Waals surface area contributed by atoms with Crippen LogP contribution in [0.25, 0.3) is 11.3 Å². The Morgan fingerprint density at radius 1 is 1.32 bits per heavy atom. The second-order valence-electron chi connectivity index (χ2n) is 4.20. The highest BCUT2D eigenvalue weighted by atomic mass is 16.5. The second kappa shape index (κ2) is 6.01. The number of nitriles is 1. The maximum Gasteiger partial charge on any atom is 0.190 e. The predicted molar refractivity (Wildman–Crippen MR) is 71.6 cm³/mol. The molecule has 0 radical (unpaired) electrons. The molecule has 0 saturated heterocycles. The smallest absolute Gasteiger partial charge is 0.190 e. The fourth-order valence-electron chi connectivity index (χ4n) is 1.89. The zero-order chi connectivity index (χ0) is 13.7. The van der Waals surface area contributed by atoms with Gasteiger partial charge < -0.3 is 4.74 Å². The molecule has 1 aromatic heterocycles. The van der Waals surface area contributed by atoms with Crippen LogP contribution in [0, 0.1) is 11.3 Å². The maximum atomic E-state index is 9.13. The van der Waals surface area contributed by atoms with Crippen molar-refractivity contribution >= 4 is 0 Å². The van der Waals surface area contributed by atoms with E-state index >= 15 is 0 Å². The molecule has 5 heteroatoms. The van der Waals surface area contributed by atoms with Gasteiger partial charge in [-0.3, -0.25) is 0 Å². The van der Waals surface area contributed by atoms with Crippen LogP contribution in [0.15, 0.2) is 24.3 Å². The zero-order valence-electron chi connectivity index (χ0n) is 11.1. The lowest BCUT2D eigenvalue weighted by atomic mass is 10.1. The maximum absolute atomic E-state index is 9.13. The highest BCUT2D eigenvalue weighted by molar-refractivity contribution is 5.65. The van der Waals surface area contributed by atoms with E-state index in [-0.39, 0.29) is 0 Å². The quantitative estimate of drug-likeness (QED) is 0.825. The van der Waals surface area contributed by atoms with Crippen molar-refractivity contribution in [3.63, 3.8) is 0 Å². The van der Waals surface area contributed by atoms with Crippen molar-refractivity contribution in [2.24, 2.45) is 0 Å². The Balaban J connectivity index is 2.40. The van der Waals surface area contributed by atoms with Gasteiger partial charge in [-0.05, 0) is 30.7 Å². The number of rotatable bonds is 5. The molecule has 2 aromatic rings. The van der Waals surface area contributed by atoms with E-state index in [0.29, 0.717) is 5.69 Å². The van der Waals surface area contributed by atoms with E-state index < -0.39 is 0 Å². The molecule has 0 N–H and O–H groups in total. The summed E-state index contributed by atoms with van der Waals surface area (Å²) >= 11 is 0.